The number of hydrogen-bond acceptors (Lipinski definition) is 2. The molecule has 0 aromatic heterocycles. The van der Waals surface area contributed by atoms with Crippen LogP contribution >= 0.6 is 0 Å². The first-order chi connectivity index (χ1) is 10.6. The topological polar surface area (TPSA) is 58.2 Å². The molecule has 0 radical (unpaired) electrons. The summed E-state index contributed by atoms with van der Waals surface area (Å²) in [7, 11) is 0. The quantitative estimate of drug-likeness (QED) is 0.829. The van der Waals surface area contributed by atoms with Crippen molar-refractivity contribution in [2.24, 2.45) is 0 Å². The maximum atomic E-state index is 11.7. The van der Waals surface area contributed by atoms with Gasteiger partial charge in [-0.25, -0.2) is 0 Å². The standard InChI is InChI=1S/C18H20N2O2/c1-14-6-5-9-16(12-14)13-20-18(22)17(21)19-11-10-15-7-3-2-4-8-15/h2-9,12H,10-11,13H2,1H3,(H,19,21)(H,20,22). The lowest BCUT2D eigenvalue weighted by molar-refractivity contribution is -0.139. The molecule has 114 valence electrons. The second-order valence-electron chi connectivity index (χ2n) is 5.16. The van der Waals surface area contributed by atoms with Crippen molar-refractivity contribution >= 4 is 11.8 Å². The average Bonchev–Trinajstić information content (AvgIpc) is 2.53. The molecular formula is C18H20N2O2. The summed E-state index contributed by atoms with van der Waals surface area (Å²) < 4.78 is 0. The Morgan fingerprint density at radius 3 is 2.27 bits per heavy atom. The number of hydrogen-bond donors (Lipinski definition) is 2. The molecule has 0 heterocycles. The predicted octanol–water partition coefficient (Wildman–Crippen LogP) is 1.97. The molecule has 0 fully saturated rings. The molecular weight excluding hydrogens is 276 g/mol. The Balaban J connectivity index is 1.72. The third-order valence-corrected chi connectivity index (χ3v) is 3.28. The lowest BCUT2D eigenvalue weighted by Crippen LogP contribution is -2.40. The normalized spacial score (nSPS) is 10.0. The van der Waals surface area contributed by atoms with E-state index >= 15 is 0 Å². The van der Waals surface area contributed by atoms with Crippen molar-refractivity contribution in [3.05, 3.63) is 71.3 Å². The molecule has 0 saturated heterocycles. The second kappa shape index (κ2) is 7.98. The van der Waals surface area contributed by atoms with E-state index < -0.39 is 11.8 Å². The molecule has 0 unspecified atom stereocenters. The first-order valence-corrected chi connectivity index (χ1v) is 7.30. The SMILES string of the molecule is Cc1cccc(CNC(=O)C(=O)NCCc2ccccc2)c1. The van der Waals surface area contributed by atoms with Crippen molar-refractivity contribution < 1.29 is 9.59 Å². The van der Waals surface area contributed by atoms with Crippen LogP contribution in [0.4, 0.5) is 0 Å². The largest absolute Gasteiger partial charge is 0.348 e. The van der Waals surface area contributed by atoms with Crippen LogP contribution in [0, 0.1) is 6.92 Å². The first kappa shape index (κ1) is 15.8. The lowest BCUT2D eigenvalue weighted by atomic mass is 10.1. The minimum absolute atomic E-state index is 0.354. The van der Waals surface area contributed by atoms with Crippen LogP contribution < -0.4 is 10.6 Å². The highest BCUT2D eigenvalue weighted by Crippen LogP contribution is 2.03. The van der Waals surface area contributed by atoms with Crippen molar-refractivity contribution in [1.82, 2.24) is 10.6 Å². The van der Waals surface area contributed by atoms with Crippen LogP contribution in [0.2, 0.25) is 0 Å². The van der Waals surface area contributed by atoms with Crippen molar-refractivity contribution in [2.75, 3.05) is 6.54 Å². The maximum absolute atomic E-state index is 11.7. The van der Waals surface area contributed by atoms with Gasteiger partial charge in [0.15, 0.2) is 0 Å². The fourth-order valence-corrected chi connectivity index (χ4v) is 2.13. The van der Waals surface area contributed by atoms with Gasteiger partial charge in [-0.2, -0.15) is 0 Å². The third-order valence-electron chi connectivity index (χ3n) is 3.28. The number of carbonyl (C=O) groups is 2. The molecule has 2 aromatic carbocycles. The Hall–Kier alpha value is -2.62. The van der Waals surface area contributed by atoms with E-state index in [0.29, 0.717) is 19.5 Å². The first-order valence-electron chi connectivity index (χ1n) is 7.30. The summed E-state index contributed by atoms with van der Waals surface area (Å²) in [5, 5.41) is 5.25. The summed E-state index contributed by atoms with van der Waals surface area (Å²) in [6, 6.07) is 17.6. The summed E-state index contributed by atoms with van der Waals surface area (Å²) >= 11 is 0. The molecule has 0 saturated carbocycles. The number of nitrogens with one attached hydrogen (secondary N) is 2. The molecule has 0 spiro atoms. The van der Waals surface area contributed by atoms with E-state index in [4.69, 9.17) is 0 Å². The van der Waals surface area contributed by atoms with Gasteiger partial charge in [-0.05, 0) is 24.5 Å². The molecule has 2 amide bonds. The molecule has 2 N–H and O–H groups in total. The summed E-state index contributed by atoms with van der Waals surface area (Å²) in [5.41, 5.74) is 3.23. The van der Waals surface area contributed by atoms with Crippen molar-refractivity contribution in [3.8, 4) is 0 Å². The van der Waals surface area contributed by atoms with E-state index in [-0.39, 0.29) is 0 Å². The van der Waals surface area contributed by atoms with Crippen molar-refractivity contribution in [3.63, 3.8) is 0 Å². The molecule has 2 rings (SSSR count). The van der Waals surface area contributed by atoms with Gasteiger partial charge in [0, 0.05) is 13.1 Å². The predicted molar refractivity (Wildman–Crippen MR) is 86.2 cm³/mol. The van der Waals surface area contributed by atoms with Gasteiger partial charge in [-0.15, -0.1) is 0 Å². The van der Waals surface area contributed by atoms with Crippen molar-refractivity contribution in [2.45, 2.75) is 19.9 Å². The smallest absolute Gasteiger partial charge is 0.309 e. The second-order valence-corrected chi connectivity index (χ2v) is 5.16. The molecule has 0 atom stereocenters. The summed E-state index contributed by atoms with van der Waals surface area (Å²) in [5.74, 6) is -1.20. The molecule has 4 nitrogen and oxygen atoms in total. The van der Waals surface area contributed by atoms with Crippen LogP contribution in [0.25, 0.3) is 0 Å². The molecule has 0 aliphatic rings. The maximum Gasteiger partial charge on any atom is 0.309 e. The average molecular weight is 296 g/mol. The number of benzene rings is 2. The van der Waals surface area contributed by atoms with Gasteiger partial charge in [0.1, 0.15) is 0 Å². The van der Waals surface area contributed by atoms with Crippen LogP contribution in [0.5, 0.6) is 0 Å². The van der Waals surface area contributed by atoms with E-state index in [9.17, 15) is 9.59 Å². The Morgan fingerprint density at radius 1 is 0.864 bits per heavy atom. The molecule has 0 bridgehead atoms. The fraction of sp³-hybridized carbons (Fsp3) is 0.222. The molecule has 0 aliphatic carbocycles. The van der Waals surface area contributed by atoms with Gasteiger partial charge >= 0.3 is 11.8 Å². The fourth-order valence-electron chi connectivity index (χ4n) is 2.13. The number of carbonyl (C=O) groups excluding carboxylic acids is 2. The van der Waals surface area contributed by atoms with E-state index in [0.717, 1.165) is 16.7 Å². The minimum Gasteiger partial charge on any atom is -0.348 e. The van der Waals surface area contributed by atoms with Gasteiger partial charge in [0.25, 0.3) is 0 Å². The molecule has 2 aromatic rings. The molecule has 0 aliphatic heterocycles. The van der Waals surface area contributed by atoms with Crippen LogP contribution in [-0.2, 0) is 22.6 Å². The van der Waals surface area contributed by atoms with Crippen LogP contribution in [0.3, 0.4) is 0 Å². The summed E-state index contributed by atoms with van der Waals surface area (Å²) in [4.78, 5) is 23.4. The Bertz CT molecular complexity index is 639. The lowest BCUT2D eigenvalue weighted by Gasteiger charge is -2.07. The zero-order valence-electron chi connectivity index (χ0n) is 12.6. The summed E-state index contributed by atoms with van der Waals surface area (Å²) in [6.45, 7) is 2.79. The van der Waals surface area contributed by atoms with E-state index in [1.807, 2.05) is 61.5 Å². The van der Waals surface area contributed by atoms with E-state index in [1.54, 1.807) is 0 Å². The summed E-state index contributed by atoms with van der Waals surface area (Å²) in [6.07, 6.45) is 0.706. The Kier molecular flexibility index (Phi) is 5.72. The number of amides is 2. The van der Waals surface area contributed by atoms with Crippen molar-refractivity contribution in [1.29, 1.82) is 0 Å². The highest BCUT2D eigenvalue weighted by molar-refractivity contribution is 6.35. The van der Waals surface area contributed by atoms with Gasteiger partial charge < -0.3 is 10.6 Å². The van der Waals surface area contributed by atoms with Gasteiger partial charge in [0.2, 0.25) is 0 Å². The zero-order chi connectivity index (χ0) is 15.8. The zero-order valence-corrected chi connectivity index (χ0v) is 12.6. The van der Waals surface area contributed by atoms with Crippen LogP contribution in [0.15, 0.2) is 54.6 Å². The monoisotopic (exact) mass is 296 g/mol. The number of aryl methyl sites for hydroxylation is 1. The van der Waals surface area contributed by atoms with Crippen LogP contribution in [-0.4, -0.2) is 18.4 Å². The third kappa shape index (κ3) is 5.05. The van der Waals surface area contributed by atoms with E-state index in [2.05, 4.69) is 10.6 Å². The van der Waals surface area contributed by atoms with E-state index in [1.165, 1.54) is 0 Å². The van der Waals surface area contributed by atoms with Gasteiger partial charge in [-0.1, -0.05) is 60.2 Å². The highest BCUT2D eigenvalue weighted by atomic mass is 16.2. The number of rotatable bonds is 5. The minimum atomic E-state index is -0.602. The Labute approximate surface area is 130 Å². The van der Waals surface area contributed by atoms with Gasteiger partial charge in [0.05, 0.1) is 0 Å². The van der Waals surface area contributed by atoms with Gasteiger partial charge in [-0.3, -0.25) is 9.59 Å². The van der Waals surface area contributed by atoms with Crippen LogP contribution in [0.1, 0.15) is 16.7 Å². The Morgan fingerprint density at radius 2 is 1.55 bits per heavy atom. The molecule has 22 heavy (non-hydrogen) atoms. The molecule has 4 heteroatoms. The highest BCUT2D eigenvalue weighted by Gasteiger charge is 2.12.